The van der Waals surface area contributed by atoms with E-state index in [1.807, 2.05) is 0 Å². The molecule has 51 nitrogen and oxygen atoms in total. The Hall–Kier alpha value is -14.4. The van der Waals surface area contributed by atoms with Gasteiger partial charge in [-0.1, -0.05) is 106 Å². The summed E-state index contributed by atoms with van der Waals surface area (Å²) in [6, 6.07) is -3.52. The molecule has 25 N–H and O–H groups in total. The van der Waals surface area contributed by atoms with Gasteiger partial charge in [0.25, 0.3) is 0 Å². The van der Waals surface area contributed by atoms with E-state index in [4.69, 9.17) is 31.4 Å². The van der Waals surface area contributed by atoms with Crippen molar-refractivity contribution in [3.8, 4) is 5.75 Å². The fourth-order valence-corrected chi connectivity index (χ4v) is 17.9. The fraction of sp³-hybridized carbons (Fsp3) is 0.526. The van der Waals surface area contributed by atoms with Crippen molar-refractivity contribution in [2.75, 3.05) is 113 Å². The number of nitrogens with zero attached hydrogens (tertiary/aromatic N) is 3. The maximum absolute atomic E-state index is 15.4. The van der Waals surface area contributed by atoms with Gasteiger partial charge in [0, 0.05) is 88.6 Å². The predicted molar refractivity (Wildman–Crippen MR) is 537 cm³/mol. The first-order valence-electron chi connectivity index (χ1n) is 47.6. The Morgan fingerprint density at radius 3 is 1.23 bits per heavy atom. The van der Waals surface area contributed by atoms with Gasteiger partial charge in [0.05, 0.1) is 82.2 Å². The van der Waals surface area contributed by atoms with Gasteiger partial charge < -0.3 is 146 Å². The van der Waals surface area contributed by atoms with Crippen LogP contribution in [0.5, 0.6) is 5.75 Å². The Morgan fingerprint density at radius 2 is 0.779 bits per heavy atom. The third-order valence-corrected chi connectivity index (χ3v) is 26.4. The van der Waals surface area contributed by atoms with E-state index in [1.54, 1.807) is 48.5 Å². The second-order valence-electron chi connectivity index (χ2n) is 36.3. The lowest BCUT2D eigenvalue weighted by molar-refractivity contribution is -0.142. The summed E-state index contributed by atoms with van der Waals surface area (Å²) < 4.78 is 18.1. The summed E-state index contributed by atoms with van der Waals surface area (Å²) in [5, 5.41) is 85.9. The average molecular weight is 2140 g/mol. The van der Waals surface area contributed by atoms with Gasteiger partial charge >= 0.3 is 23.9 Å². The van der Waals surface area contributed by atoms with Gasteiger partial charge in [-0.15, -0.1) is 35.3 Å². The second kappa shape index (κ2) is 60.8. The molecule has 3 heterocycles. The van der Waals surface area contributed by atoms with Crippen LogP contribution in [-0.2, 0) is 144 Å². The molecule has 4 bridgehead atoms. The lowest BCUT2D eigenvalue weighted by atomic mass is 9.85. The number of carboxylic acid groups (broad SMARTS) is 4. The molecular formula is C95H130N20O31S3. The molecule has 3 aliphatic heterocycles. The first kappa shape index (κ1) is 122. The molecule has 19 amide bonds. The predicted octanol–water partition coefficient (Wildman–Crippen LogP) is -6.39. The van der Waals surface area contributed by atoms with E-state index in [2.05, 4.69) is 74.4 Å². The molecule has 0 radical (unpaired) electrons. The molecule has 0 aromatic heterocycles. The zero-order chi connectivity index (χ0) is 110. The molecule has 149 heavy (non-hydrogen) atoms. The van der Waals surface area contributed by atoms with Gasteiger partial charge in [0.15, 0.2) is 0 Å². The van der Waals surface area contributed by atoms with Gasteiger partial charge in [-0.3, -0.25) is 110 Å². The number of phenols is 1. The summed E-state index contributed by atoms with van der Waals surface area (Å²) in [6.45, 7) is 5.32. The number of benzene rings is 4. The minimum atomic E-state index is -2.29. The van der Waals surface area contributed by atoms with E-state index in [9.17, 15) is 112 Å². The highest BCUT2D eigenvalue weighted by Crippen LogP contribution is 2.25. The third kappa shape index (κ3) is 42.1. The standard InChI is InChI=1S/C95H130N20O31S3/c1-51(96)81(130)110-69-46-148-49-73(119)114-29-35-144-33-27-113-28-34-145-37-31-115(32-38-146-36-30-114)74(120)50-149-47-70(111-83(132)53(3)99-86(135)64(41-57-17-12-16-56-15-10-11-18-59(56)57)106-84(133)60(23-25-75(121)122)101-89(138)65(42-71(97)117)103-82(131)52(2)100-92(69)141)93(142)102-61(24-26-76(123)124)85(134)107-66(43-77(125)126)90(139)105-62(39-54-13-8-7-9-14-54)87(136)104-63(40-55-19-21-58(116)22-20-55)88(137)108-67(44-78(127)128)91(140)112-79(95(4,5)6)94(143)109-68(80(98)129)45-147-48-72(113)118/h7-22,51-53,60-70,79,116H,23-50,96H2,1-6H3,(H2,97,117)(H2,98,129)(H,99,135)(H,100,141)(H,101,138)(H,102,142)(H,103,131)(H,104,136)(H,105,139)(H,106,133)(H,107,134)(H,108,137)(H,109,143)(H,110,130)(H,111,132)(H,112,140)(H,121,122)(H,123,124)(H,125,126)(H,127,128)/t51-,52+,53+,60-,61-,62-,63-,64-,65-,66-,67-,68-,69-,70+,79+/m0/s1. The molecule has 3 aliphatic rings. The van der Waals surface area contributed by atoms with Crippen molar-refractivity contribution in [3.05, 3.63) is 114 Å². The number of rotatable bonds is 21. The van der Waals surface area contributed by atoms with Crippen LogP contribution in [0.25, 0.3) is 10.8 Å². The molecule has 0 aliphatic carbocycles. The van der Waals surface area contributed by atoms with E-state index >= 15 is 24.0 Å². The smallest absolute Gasteiger partial charge is 0.305 e. The van der Waals surface area contributed by atoms with Gasteiger partial charge in [-0.05, 0) is 78.6 Å². The van der Waals surface area contributed by atoms with Gasteiger partial charge in [0.2, 0.25) is 112 Å². The molecule has 7 rings (SSSR count). The summed E-state index contributed by atoms with van der Waals surface area (Å²) in [4.78, 5) is 331. The number of nitrogens with two attached hydrogens (primary N) is 3. The fourth-order valence-electron chi connectivity index (χ4n) is 15.1. The Bertz CT molecular complexity index is 5430. The van der Waals surface area contributed by atoms with Crippen molar-refractivity contribution in [1.82, 2.24) is 89.1 Å². The largest absolute Gasteiger partial charge is 0.508 e. The number of nitrogens with one attached hydrogen (secondary N) is 14. The lowest BCUT2D eigenvalue weighted by Gasteiger charge is -2.33. The first-order chi connectivity index (χ1) is 70.5. The molecule has 3 saturated heterocycles. The van der Waals surface area contributed by atoms with Crippen LogP contribution in [0.3, 0.4) is 0 Å². The van der Waals surface area contributed by atoms with Crippen molar-refractivity contribution in [1.29, 1.82) is 0 Å². The van der Waals surface area contributed by atoms with E-state index in [1.165, 1.54) is 90.9 Å². The van der Waals surface area contributed by atoms with Gasteiger partial charge in [-0.25, -0.2) is 0 Å². The van der Waals surface area contributed by atoms with Crippen LogP contribution < -0.4 is 91.6 Å². The highest BCUT2D eigenvalue weighted by atomic mass is 32.2. The second-order valence-corrected chi connectivity index (χ2v) is 39.4. The SMILES string of the molecule is C[C@H](N)C(=O)N[C@H]1CSCC(=O)N2CCOCCN3CCOCCN(CCOCC2)C(=O)CSC[C@@H](NC(=O)[C@@H](C)NC(=O)[C@H](Cc2cccc4ccccc24)NC(=O)[C@H](CCC(=O)O)NC(=O)[C@H](CC(N)=O)NC(=O)[C@@H](C)NC1=O)C(=O)N[C@@H](CCC(=O)O)C(=O)N[C@@H](CC(=O)O)C(=O)N[C@@H](Cc1ccccc1)C(=O)N[C@@H](Cc1ccc(O)cc1)C(=O)N[C@@H](CC(=O)O)C(=O)N[C@@H](C(C)(C)C)C(=O)N[C@H](C(N)=O)CSCC3=O. The van der Waals surface area contributed by atoms with E-state index in [-0.39, 0.29) is 95.8 Å². The van der Waals surface area contributed by atoms with Crippen LogP contribution in [0.4, 0.5) is 0 Å². The number of hydrogen-bond donors (Lipinski definition) is 22. The number of carbonyl (C=O) groups is 23. The van der Waals surface area contributed by atoms with Crippen LogP contribution in [0.15, 0.2) is 97.1 Å². The highest BCUT2D eigenvalue weighted by molar-refractivity contribution is 8.00. The molecule has 15 atom stereocenters. The first-order valence-corrected chi connectivity index (χ1v) is 51.0. The minimum Gasteiger partial charge on any atom is -0.508 e. The molecule has 4 aromatic carbocycles. The number of thioether (sulfide) groups is 3. The van der Waals surface area contributed by atoms with Crippen molar-refractivity contribution in [2.45, 2.75) is 196 Å². The summed E-state index contributed by atoms with van der Waals surface area (Å²) in [7, 11) is 0. The maximum Gasteiger partial charge on any atom is 0.305 e. The van der Waals surface area contributed by atoms with Gasteiger partial charge in [0.1, 0.15) is 90.3 Å². The van der Waals surface area contributed by atoms with Crippen molar-refractivity contribution in [2.24, 2.45) is 22.6 Å². The van der Waals surface area contributed by atoms with Gasteiger partial charge in [-0.2, -0.15) is 0 Å². The summed E-state index contributed by atoms with van der Waals surface area (Å²) in [5.74, 6) is -31.5. The topological polar surface area (TPSA) is 778 Å². The molecule has 0 unspecified atom stereocenters. The molecule has 54 heteroatoms. The molecule has 814 valence electrons. The molecule has 0 saturated carbocycles. The number of amides is 19. The third-order valence-electron chi connectivity index (χ3n) is 23.4. The monoisotopic (exact) mass is 2140 g/mol. The van der Waals surface area contributed by atoms with Crippen molar-refractivity contribution < 1.29 is 150 Å². The number of ether oxygens (including phenoxy) is 3. The quantitative estimate of drug-likeness (QED) is 0.0369. The molecular weight excluding hydrogens is 2010 g/mol. The van der Waals surface area contributed by atoms with E-state index < -0.39 is 331 Å². The average Bonchev–Trinajstić information content (AvgIpc) is 0.827. The molecule has 3 fully saturated rings. The van der Waals surface area contributed by atoms with E-state index in [0.717, 1.165) is 37.4 Å². The van der Waals surface area contributed by atoms with Crippen LogP contribution in [0, 0.1) is 5.41 Å². The zero-order valence-electron chi connectivity index (χ0n) is 82.8. The number of phenolic OH excluding ortho intramolecular Hbond substituents is 1. The Labute approximate surface area is 868 Å². The Kier molecular flexibility index (Phi) is 49.6. The normalized spacial score (nSPS) is 24.5. The number of aromatic hydroxyl groups is 1. The highest BCUT2D eigenvalue weighted by Gasteiger charge is 2.42. The molecule has 4 aromatic rings. The number of carboxylic acids is 4. The number of aliphatic carboxylic acids is 4. The van der Waals surface area contributed by atoms with Crippen LogP contribution in [-0.4, -0.2) is 380 Å². The number of hydrogen-bond acceptors (Lipinski definition) is 31. The zero-order valence-corrected chi connectivity index (χ0v) is 85.3. The van der Waals surface area contributed by atoms with Crippen molar-refractivity contribution in [3.63, 3.8) is 0 Å². The number of primary amides is 2. The Balaban J connectivity index is 1.39. The minimum absolute atomic E-state index is 0.176. The summed E-state index contributed by atoms with van der Waals surface area (Å²) >= 11 is 2.31. The van der Waals surface area contributed by atoms with Crippen LogP contribution >= 0.6 is 35.3 Å². The number of carbonyl (C=O) groups excluding carboxylic acids is 19. The lowest BCUT2D eigenvalue weighted by Crippen LogP contribution is -2.62. The van der Waals surface area contributed by atoms with Crippen LogP contribution in [0.1, 0.15) is 103 Å². The maximum atomic E-state index is 15.4. The summed E-state index contributed by atoms with van der Waals surface area (Å²) in [5.41, 5.74) is 16.9. The number of fused-ring (bicyclic) bond motifs is 15. The Morgan fingerprint density at radius 1 is 0.403 bits per heavy atom. The van der Waals surface area contributed by atoms with Crippen LogP contribution in [0.2, 0.25) is 0 Å². The van der Waals surface area contributed by atoms with E-state index in [0.29, 0.717) is 28.1 Å². The van der Waals surface area contributed by atoms with Crippen molar-refractivity contribution >= 4 is 182 Å². The summed E-state index contributed by atoms with van der Waals surface area (Å²) in [6.07, 6.45) is -8.57. The molecule has 0 spiro atoms.